The van der Waals surface area contributed by atoms with Crippen LogP contribution in [0, 0.1) is 11.8 Å². The third-order valence-electron chi connectivity index (χ3n) is 3.34. The number of rotatable bonds is 2. The lowest BCUT2D eigenvalue weighted by atomic mass is 9.90. The van der Waals surface area contributed by atoms with Gasteiger partial charge >= 0.3 is 0 Å². The summed E-state index contributed by atoms with van der Waals surface area (Å²) in [6, 6.07) is 7.35. The van der Waals surface area contributed by atoms with Crippen LogP contribution in [0.4, 0.5) is 0 Å². The van der Waals surface area contributed by atoms with Gasteiger partial charge in [-0.2, -0.15) is 0 Å². The molecule has 0 heterocycles. The molecule has 0 aliphatic heterocycles. The number of carbonyl (C=O) groups excluding carboxylic acids is 1. The van der Waals surface area contributed by atoms with Crippen LogP contribution in [0.1, 0.15) is 36.5 Å². The minimum atomic E-state index is 0.185. The van der Waals surface area contributed by atoms with E-state index in [1.54, 1.807) is 6.07 Å². The number of hydrogen-bond acceptors (Lipinski definition) is 1. The van der Waals surface area contributed by atoms with Crippen LogP contribution in [0.2, 0.25) is 5.02 Å². The van der Waals surface area contributed by atoms with Gasteiger partial charge in [0, 0.05) is 11.5 Å². The molecular weight excluding hydrogens is 208 g/mol. The van der Waals surface area contributed by atoms with Gasteiger partial charge in [0.25, 0.3) is 0 Å². The summed E-state index contributed by atoms with van der Waals surface area (Å²) in [6.45, 7) is 2.16. The summed E-state index contributed by atoms with van der Waals surface area (Å²) in [6.07, 6.45) is 3.36. The van der Waals surface area contributed by atoms with E-state index in [4.69, 9.17) is 11.6 Å². The molecular formula is C13H15ClO. The SMILES string of the molecule is CC1CCCC1C(=O)c1ccccc1Cl. The molecule has 0 bridgehead atoms. The normalized spacial score (nSPS) is 25.5. The van der Waals surface area contributed by atoms with Crippen LogP contribution in [-0.2, 0) is 0 Å². The number of halogens is 1. The molecule has 1 aromatic carbocycles. The number of Topliss-reactive ketones (excluding diaryl/α,β-unsaturated/α-hetero) is 1. The molecule has 1 saturated carbocycles. The molecule has 1 nitrogen and oxygen atoms in total. The van der Waals surface area contributed by atoms with Gasteiger partial charge in [-0.15, -0.1) is 0 Å². The zero-order valence-corrected chi connectivity index (χ0v) is 9.63. The standard InChI is InChI=1S/C13H15ClO/c1-9-5-4-7-10(9)13(15)11-6-2-3-8-12(11)14/h2-3,6,8-10H,4-5,7H2,1H3. The maximum absolute atomic E-state index is 12.2. The molecule has 1 fully saturated rings. The quantitative estimate of drug-likeness (QED) is 0.693. The Bertz CT molecular complexity index is 373. The zero-order valence-electron chi connectivity index (χ0n) is 8.87. The van der Waals surface area contributed by atoms with Gasteiger partial charge in [-0.05, 0) is 30.9 Å². The maximum Gasteiger partial charge on any atom is 0.167 e. The second-order valence-corrected chi connectivity index (χ2v) is 4.77. The van der Waals surface area contributed by atoms with Crippen molar-refractivity contribution in [3.63, 3.8) is 0 Å². The molecule has 0 N–H and O–H groups in total. The topological polar surface area (TPSA) is 17.1 Å². The largest absolute Gasteiger partial charge is 0.294 e. The highest BCUT2D eigenvalue weighted by Gasteiger charge is 2.30. The number of benzene rings is 1. The molecule has 2 rings (SSSR count). The summed E-state index contributed by atoms with van der Waals surface area (Å²) in [5, 5.41) is 0.585. The summed E-state index contributed by atoms with van der Waals surface area (Å²) in [7, 11) is 0. The lowest BCUT2D eigenvalue weighted by Crippen LogP contribution is -2.17. The zero-order chi connectivity index (χ0) is 10.8. The Balaban J connectivity index is 2.24. The van der Waals surface area contributed by atoms with E-state index in [0.717, 1.165) is 6.42 Å². The molecule has 0 radical (unpaired) electrons. The summed E-state index contributed by atoms with van der Waals surface area (Å²) < 4.78 is 0. The molecule has 1 aliphatic carbocycles. The van der Waals surface area contributed by atoms with Gasteiger partial charge < -0.3 is 0 Å². The second kappa shape index (κ2) is 4.36. The number of carbonyl (C=O) groups is 1. The minimum absolute atomic E-state index is 0.185. The van der Waals surface area contributed by atoms with E-state index in [2.05, 4.69) is 6.92 Å². The van der Waals surface area contributed by atoms with Crippen LogP contribution in [0.5, 0.6) is 0 Å². The van der Waals surface area contributed by atoms with Crippen LogP contribution in [0.25, 0.3) is 0 Å². The second-order valence-electron chi connectivity index (χ2n) is 4.36. The Hall–Kier alpha value is -0.820. The monoisotopic (exact) mass is 222 g/mol. The number of ketones is 1. The molecule has 1 aliphatic rings. The van der Waals surface area contributed by atoms with Crippen LogP contribution >= 0.6 is 11.6 Å². The fourth-order valence-electron chi connectivity index (χ4n) is 2.40. The summed E-state index contributed by atoms with van der Waals surface area (Å²) in [4.78, 5) is 12.2. The molecule has 0 spiro atoms. The average Bonchev–Trinajstić information content (AvgIpc) is 2.64. The van der Waals surface area contributed by atoms with Crippen LogP contribution in [-0.4, -0.2) is 5.78 Å². The Labute approximate surface area is 95.4 Å². The van der Waals surface area contributed by atoms with Crippen LogP contribution in [0.3, 0.4) is 0 Å². The van der Waals surface area contributed by atoms with E-state index >= 15 is 0 Å². The van der Waals surface area contributed by atoms with Gasteiger partial charge in [-0.25, -0.2) is 0 Å². The van der Waals surface area contributed by atoms with Crippen molar-refractivity contribution in [2.45, 2.75) is 26.2 Å². The highest BCUT2D eigenvalue weighted by atomic mass is 35.5. The Kier molecular flexibility index (Phi) is 3.11. The van der Waals surface area contributed by atoms with Gasteiger partial charge in [-0.1, -0.05) is 37.1 Å². The van der Waals surface area contributed by atoms with Crippen molar-refractivity contribution in [3.8, 4) is 0 Å². The molecule has 15 heavy (non-hydrogen) atoms. The van der Waals surface area contributed by atoms with Gasteiger partial charge in [0.1, 0.15) is 0 Å². The van der Waals surface area contributed by atoms with Crippen molar-refractivity contribution >= 4 is 17.4 Å². The summed E-state index contributed by atoms with van der Waals surface area (Å²) in [5.74, 6) is 0.921. The molecule has 2 heteroatoms. The smallest absolute Gasteiger partial charge is 0.167 e. The Morgan fingerprint density at radius 2 is 2.07 bits per heavy atom. The van der Waals surface area contributed by atoms with Crippen LogP contribution in [0.15, 0.2) is 24.3 Å². The number of hydrogen-bond donors (Lipinski definition) is 0. The lowest BCUT2D eigenvalue weighted by molar-refractivity contribution is 0.0897. The van der Waals surface area contributed by atoms with Crippen molar-refractivity contribution in [2.24, 2.45) is 11.8 Å². The maximum atomic E-state index is 12.2. The van der Waals surface area contributed by atoms with Gasteiger partial charge in [0.2, 0.25) is 0 Å². The molecule has 80 valence electrons. The first kappa shape index (κ1) is 10.7. The average molecular weight is 223 g/mol. The Morgan fingerprint density at radius 1 is 1.33 bits per heavy atom. The molecule has 0 aromatic heterocycles. The third kappa shape index (κ3) is 2.07. The van der Waals surface area contributed by atoms with Gasteiger partial charge in [-0.3, -0.25) is 4.79 Å². The van der Waals surface area contributed by atoms with E-state index < -0.39 is 0 Å². The Morgan fingerprint density at radius 3 is 2.67 bits per heavy atom. The summed E-state index contributed by atoms with van der Waals surface area (Å²) >= 11 is 6.02. The predicted molar refractivity (Wildman–Crippen MR) is 62.3 cm³/mol. The highest BCUT2D eigenvalue weighted by Crippen LogP contribution is 2.34. The van der Waals surface area contributed by atoms with Gasteiger partial charge in [0.15, 0.2) is 5.78 Å². The van der Waals surface area contributed by atoms with Crippen LogP contribution < -0.4 is 0 Å². The van der Waals surface area contributed by atoms with E-state index in [0.29, 0.717) is 16.5 Å². The van der Waals surface area contributed by atoms with Crippen molar-refractivity contribution in [1.82, 2.24) is 0 Å². The summed E-state index contributed by atoms with van der Waals surface area (Å²) in [5.41, 5.74) is 0.693. The first-order valence-corrected chi connectivity index (χ1v) is 5.86. The molecule has 2 atom stereocenters. The van der Waals surface area contributed by atoms with Crippen molar-refractivity contribution in [2.75, 3.05) is 0 Å². The molecule has 1 aromatic rings. The highest BCUT2D eigenvalue weighted by molar-refractivity contribution is 6.34. The first-order valence-electron chi connectivity index (χ1n) is 5.49. The minimum Gasteiger partial charge on any atom is -0.294 e. The van der Waals surface area contributed by atoms with E-state index in [-0.39, 0.29) is 11.7 Å². The van der Waals surface area contributed by atoms with Crippen molar-refractivity contribution in [1.29, 1.82) is 0 Å². The predicted octanol–water partition coefficient (Wildman–Crippen LogP) is 3.96. The van der Waals surface area contributed by atoms with Gasteiger partial charge in [0.05, 0.1) is 5.02 Å². The molecule has 0 amide bonds. The fraction of sp³-hybridized carbons (Fsp3) is 0.462. The van der Waals surface area contributed by atoms with Crippen molar-refractivity contribution < 1.29 is 4.79 Å². The molecule has 2 unspecified atom stereocenters. The van der Waals surface area contributed by atoms with E-state index in [1.807, 2.05) is 18.2 Å². The lowest BCUT2D eigenvalue weighted by Gasteiger charge is -2.14. The van der Waals surface area contributed by atoms with Crippen molar-refractivity contribution in [3.05, 3.63) is 34.9 Å². The first-order chi connectivity index (χ1) is 7.20. The fourth-order valence-corrected chi connectivity index (χ4v) is 2.62. The van der Waals surface area contributed by atoms with E-state index in [9.17, 15) is 4.79 Å². The molecule has 0 saturated heterocycles. The van der Waals surface area contributed by atoms with E-state index in [1.165, 1.54) is 12.8 Å². The third-order valence-corrected chi connectivity index (χ3v) is 3.67.